The Balaban J connectivity index is 0.662. The average molecular weight is 1270 g/mol. The van der Waals surface area contributed by atoms with Gasteiger partial charge in [-0.1, -0.05) is 110 Å². The summed E-state index contributed by atoms with van der Waals surface area (Å²) in [5, 5.41) is 42.8. The van der Waals surface area contributed by atoms with Gasteiger partial charge in [0.2, 0.25) is 47.3 Å². The fraction of sp³-hybridized carbons (Fsp3) is 0.582. The summed E-state index contributed by atoms with van der Waals surface area (Å²) in [6.07, 6.45) is 7.82. The van der Waals surface area contributed by atoms with Crippen LogP contribution in [-0.2, 0) is 65.5 Å². The van der Waals surface area contributed by atoms with Crippen LogP contribution in [0.2, 0.25) is 0 Å². The summed E-state index contributed by atoms with van der Waals surface area (Å²) in [7, 11) is 3.37. The van der Waals surface area contributed by atoms with Gasteiger partial charge in [0.15, 0.2) is 0 Å². The topological polar surface area (TPSA) is 318 Å². The van der Waals surface area contributed by atoms with Gasteiger partial charge >= 0.3 is 0 Å². The molecule has 5 fully saturated rings. The molecule has 2 unspecified atom stereocenters. The Morgan fingerprint density at radius 2 is 1.23 bits per heavy atom. The van der Waals surface area contributed by atoms with E-state index in [-0.39, 0.29) is 93.3 Å². The third-order valence-electron chi connectivity index (χ3n) is 19.1. The highest BCUT2D eigenvalue weighted by atomic mass is 16.5. The molecule has 8 amide bonds. The van der Waals surface area contributed by atoms with Crippen LogP contribution in [0.15, 0.2) is 97.2 Å². The first-order chi connectivity index (χ1) is 44.7. The van der Waals surface area contributed by atoms with Crippen LogP contribution in [0.25, 0.3) is 0 Å². The third kappa shape index (κ3) is 16.9. The van der Waals surface area contributed by atoms with Crippen molar-refractivity contribution < 1.29 is 57.7 Å². The number of aliphatic hydroxyl groups is 1. The van der Waals surface area contributed by atoms with Crippen molar-refractivity contribution in [3.8, 4) is 0 Å². The number of carbonyl (C=O) groups excluding carboxylic acids is 8. The number of rotatable bonds is 34. The largest absolute Gasteiger partial charge is 0.396 e. The second-order valence-corrected chi connectivity index (χ2v) is 24.8. The lowest BCUT2D eigenvalue weighted by atomic mass is 9.92. The van der Waals surface area contributed by atoms with E-state index in [1.807, 2.05) is 80.6 Å². The Kier molecular flexibility index (Phi) is 24.8. The maximum atomic E-state index is 14.8. The minimum Gasteiger partial charge on any atom is -0.396 e. The summed E-state index contributed by atoms with van der Waals surface area (Å²) in [6, 6.07) is 22.1. The number of hydrogen-bond acceptors (Lipinski definition) is 16. The summed E-state index contributed by atoms with van der Waals surface area (Å²) in [6.45, 7) is 5.90. The van der Waals surface area contributed by atoms with Crippen LogP contribution >= 0.6 is 0 Å². The second-order valence-electron chi connectivity index (χ2n) is 24.8. The summed E-state index contributed by atoms with van der Waals surface area (Å²) < 4.78 is 18.8. The summed E-state index contributed by atoms with van der Waals surface area (Å²) in [5.74, 6) is -3.58. The molecule has 1 aliphatic carbocycles. The first-order valence-corrected chi connectivity index (χ1v) is 32.9. The molecule has 5 aliphatic rings. The molecule has 3 aromatic carbocycles. The van der Waals surface area contributed by atoms with Gasteiger partial charge in [-0.3, -0.25) is 38.4 Å². The fourth-order valence-corrected chi connectivity index (χ4v) is 14.0. The van der Waals surface area contributed by atoms with Crippen molar-refractivity contribution in [2.45, 2.75) is 157 Å². The minimum atomic E-state index is -1.05. The van der Waals surface area contributed by atoms with E-state index in [0.717, 1.165) is 17.5 Å². The number of nitrogens with one attached hydrogen (secondary N) is 8. The molecule has 0 radical (unpaired) electrons. The van der Waals surface area contributed by atoms with Gasteiger partial charge in [0.1, 0.15) is 30.2 Å². The number of aromatic nitrogens is 3. The smallest absolute Gasteiger partial charge is 0.247 e. The van der Waals surface area contributed by atoms with Crippen LogP contribution in [0.5, 0.6) is 0 Å². The maximum absolute atomic E-state index is 14.8. The van der Waals surface area contributed by atoms with Gasteiger partial charge in [0.25, 0.3) is 0 Å². The van der Waals surface area contributed by atoms with E-state index >= 15 is 0 Å². The Hall–Kier alpha value is -7.68. The highest BCUT2D eigenvalue weighted by Gasteiger charge is 2.68. The van der Waals surface area contributed by atoms with Crippen molar-refractivity contribution in [1.82, 2.24) is 67.3 Å². The maximum Gasteiger partial charge on any atom is 0.247 e. The van der Waals surface area contributed by atoms with Crippen molar-refractivity contribution in [2.75, 3.05) is 73.4 Å². The van der Waals surface area contributed by atoms with Gasteiger partial charge in [-0.15, -0.1) is 5.10 Å². The van der Waals surface area contributed by atoms with Crippen molar-refractivity contribution in [3.63, 3.8) is 0 Å². The summed E-state index contributed by atoms with van der Waals surface area (Å²) in [5.41, 5.74) is 2.50. The SMILES string of the molecule is CC[C@H](NC)C(=O)N[C@@H]1C(=O)N2[C@@H](CC[C@@H]1CNC(=O)CCc1cn(CCOCCOCCOCCNC(=O)[C@@H](NC(=O)[C@@H]3CCC45CC4C[C@H](CO)[C@H](NC(=O)[C@H](CC)NC)C(=O)N35)c3ccccc3)nn1)CC[C@H]2C(=O)NC(c1ccccc1)c1ccccc1. The van der Waals surface area contributed by atoms with E-state index in [4.69, 9.17) is 14.2 Å². The normalized spacial score (nSPS) is 24.2. The second kappa shape index (κ2) is 33.2. The standard InChI is InChI=1S/C67H93N13O12/c1-5-51(68-3)60(83)74-58-46(22-24-50-25-26-53(79(50)65(58)88)62(85)72-56(43-16-10-7-11-17-43)44-18-12-8-13-19-44)40-71-55(82)27-23-49-41-78(77-76-49)31-33-91-35-37-92-36-34-90-32-30-70-64(87)57(45-20-14-9-15-21-45)73-63(86)54-28-29-67-39-48(67)38-47(42-81)59(66(89)80(54)67)75-61(84)52(6-2)69-4/h7-21,41,46-48,50-54,56-59,68-69,81H,5-6,22-40,42H2,1-4H3,(H,70,87)(H,71,82)(H,72,85)(H,73,86)(H,74,83)(H,75,84)/t46-,47-,48?,50+,51+,52+,53+,54+,57+,58+,59+,67?/m1/s1. The van der Waals surface area contributed by atoms with Gasteiger partial charge in [-0.05, 0) is 101 Å². The van der Waals surface area contributed by atoms with Gasteiger partial charge in [-0.25, -0.2) is 4.68 Å². The zero-order valence-electron chi connectivity index (χ0n) is 53.4. The van der Waals surface area contributed by atoms with Gasteiger partial charge < -0.3 is 71.7 Å². The number of nitrogens with zero attached hydrogens (tertiary/aromatic N) is 5. The quantitative estimate of drug-likeness (QED) is 0.0301. The number of aryl methyl sites for hydroxylation is 1. The molecule has 4 saturated heterocycles. The Morgan fingerprint density at radius 3 is 1.84 bits per heavy atom. The molecule has 0 bridgehead atoms. The van der Waals surface area contributed by atoms with Gasteiger partial charge in [0, 0.05) is 62.2 Å². The molecule has 5 heterocycles. The number of benzene rings is 3. The van der Waals surface area contributed by atoms with Crippen LogP contribution in [0.1, 0.15) is 119 Å². The Morgan fingerprint density at radius 1 is 0.652 bits per heavy atom. The average Bonchev–Trinajstić information content (AvgIpc) is 1.53. The molecule has 9 N–H and O–H groups in total. The van der Waals surface area contributed by atoms with Crippen LogP contribution in [0.3, 0.4) is 0 Å². The lowest BCUT2D eigenvalue weighted by molar-refractivity contribution is -0.145. The molecule has 1 aromatic heterocycles. The van der Waals surface area contributed by atoms with Crippen molar-refractivity contribution in [3.05, 3.63) is 120 Å². The highest BCUT2D eigenvalue weighted by Crippen LogP contribution is 2.61. The lowest BCUT2D eigenvalue weighted by Gasteiger charge is -2.34. The molecule has 498 valence electrons. The van der Waals surface area contributed by atoms with Crippen LogP contribution < -0.4 is 42.5 Å². The molecule has 9 rings (SSSR count). The number of amides is 8. The van der Waals surface area contributed by atoms with Crippen molar-refractivity contribution >= 4 is 47.3 Å². The number of likely N-dealkylation sites (N-methyl/N-ethyl adjacent to an activating group) is 2. The Bertz CT molecular complexity index is 3060. The zero-order valence-corrected chi connectivity index (χ0v) is 53.4. The highest BCUT2D eigenvalue weighted by molar-refractivity contribution is 5.97. The number of aliphatic hydroxyl groups excluding tert-OH is 1. The molecule has 4 aromatic rings. The van der Waals surface area contributed by atoms with Gasteiger partial charge in [0.05, 0.1) is 70.0 Å². The lowest BCUT2D eigenvalue weighted by Crippen LogP contribution is -2.60. The summed E-state index contributed by atoms with van der Waals surface area (Å²) in [4.78, 5) is 115. The number of ether oxygens (including phenoxy) is 3. The Labute approximate surface area is 538 Å². The number of hydrogen-bond donors (Lipinski definition) is 9. The van der Waals surface area contributed by atoms with E-state index in [1.165, 1.54) is 0 Å². The van der Waals surface area contributed by atoms with E-state index in [9.17, 15) is 43.5 Å². The predicted octanol–water partition coefficient (Wildman–Crippen LogP) is 1.75. The minimum absolute atomic E-state index is 0.0951. The van der Waals surface area contributed by atoms with Crippen LogP contribution in [0, 0.1) is 17.8 Å². The van der Waals surface area contributed by atoms with Crippen LogP contribution in [0.4, 0.5) is 0 Å². The molecule has 92 heavy (non-hydrogen) atoms. The number of carbonyl (C=O) groups is 8. The predicted molar refractivity (Wildman–Crippen MR) is 339 cm³/mol. The van der Waals surface area contributed by atoms with E-state index in [2.05, 4.69) is 52.8 Å². The molecule has 1 spiro atoms. The number of fused-ring (bicyclic) bond motifs is 1. The third-order valence-corrected chi connectivity index (χ3v) is 19.1. The monoisotopic (exact) mass is 1270 g/mol. The van der Waals surface area contributed by atoms with Crippen LogP contribution in [-0.4, -0.2) is 198 Å². The molecule has 25 heteroatoms. The first-order valence-electron chi connectivity index (χ1n) is 32.9. The molecule has 1 saturated carbocycles. The van der Waals surface area contributed by atoms with E-state index in [0.29, 0.717) is 102 Å². The zero-order chi connectivity index (χ0) is 65.2. The molecule has 4 aliphatic heterocycles. The molecule has 25 nitrogen and oxygen atoms in total. The molecular formula is C67H93N13O12. The van der Waals surface area contributed by atoms with Gasteiger partial charge in [-0.2, -0.15) is 0 Å². The molecular weight excluding hydrogens is 1180 g/mol. The fourth-order valence-electron chi connectivity index (χ4n) is 14.0. The first kappa shape index (κ1) is 68.7. The van der Waals surface area contributed by atoms with Crippen molar-refractivity contribution in [1.29, 1.82) is 0 Å². The van der Waals surface area contributed by atoms with E-state index < -0.39 is 77.5 Å². The van der Waals surface area contributed by atoms with E-state index in [1.54, 1.807) is 59.0 Å². The molecule has 12 atom stereocenters. The summed E-state index contributed by atoms with van der Waals surface area (Å²) >= 11 is 0. The van der Waals surface area contributed by atoms with Crippen molar-refractivity contribution in [2.24, 2.45) is 17.8 Å².